The summed E-state index contributed by atoms with van der Waals surface area (Å²) >= 11 is 0. The Balaban J connectivity index is 0.00000529. The van der Waals surface area contributed by atoms with Gasteiger partial charge in [-0.05, 0) is 31.5 Å². The molecule has 1 atom stereocenters. The average Bonchev–Trinajstić information content (AvgIpc) is 2.50. The Morgan fingerprint density at radius 3 is 2.50 bits per heavy atom. The highest BCUT2D eigenvalue weighted by Crippen LogP contribution is 2.28. The van der Waals surface area contributed by atoms with E-state index < -0.39 is 0 Å². The number of hydrogen-bond acceptors (Lipinski definition) is 5. The molecule has 8 heteroatoms. The number of hydrogen-bond donors (Lipinski definition) is 3. The number of nitrogens with one attached hydrogen (secondary N) is 2. The van der Waals surface area contributed by atoms with Crippen LogP contribution in [0.25, 0.3) is 0 Å². The smallest absolute Gasteiger partial charge is 0.257 e. The van der Waals surface area contributed by atoms with Gasteiger partial charge in [-0.3, -0.25) is 9.59 Å². The fourth-order valence-corrected chi connectivity index (χ4v) is 1.90. The molecule has 24 heavy (non-hydrogen) atoms. The number of benzene rings is 1. The lowest BCUT2D eigenvalue weighted by atomic mass is 10.2. The molecule has 1 aromatic rings. The molecule has 0 fully saturated rings. The highest BCUT2D eigenvalue weighted by Gasteiger charge is 2.09. The molecule has 0 saturated heterocycles. The average molecular weight is 360 g/mol. The Morgan fingerprint density at radius 1 is 1.21 bits per heavy atom. The maximum absolute atomic E-state index is 11.6. The molecule has 0 aromatic heterocycles. The van der Waals surface area contributed by atoms with Crippen molar-refractivity contribution in [3.05, 3.63) is 23.8 Å². The van der Waals surface area contributed by atoms with Gasteiger partial charge in [-0.2, -0.15) is 0 Å². The molecule has 0 saturated carbocycles. The van der Waals surface area contributed by atoms with Crippen LogP contribution in [0.5, 0.6) is 11.5 Å². The van der Waals surface area contributed by atoms with Crippen molar-refractivity contribution in [3.8, 4) is 11.5 Å². The van der Waals surface area contributed by atoms with E-state index in [1.807, 2.05) is 13.0 Å². The summed E-state index contributed by atoms with van der Waals surface area (Å²) in [5.41, 5.74) is 6.44. The summed E-state index contributed by atoms with van der Waals surface area (Å²) < 4.78 is 10.7. The molecule has 1 unspecified atom stereocenters. The second-order valence-electron chi connectivity index (χ2n) is 5.19. The van der Waals surface area contributed by atoms with Crippen LogP contribution in [0, 0.1) is 0 Å². The van der Waals surface area contributed by atoms with Crippen LogP contribution in [0.3, 0.4) is 0 Å². The largest absolute Gasteiger partial charge is 0.493 e. The summed E-state index contributed by atoms with van der Waals surface area (Å²) in [5.74, 6) is 0.690. The summed E-state index contributed by atoms with van der Waals surface area (Å²) in [7, 11) is 1.52. The van der Waals surface area contributed by atoms with Crippen LogP contribution in [0.1, 0.15) is 25.8 Å². The van der Waals surface area contributed by atoms with Gasteiger partial charge in [0.25, 0.3) is 5.91 Å². The van der Waals surface area contributed by atoms with Crippen molar-refractivity contribution in [2.45, 2.75) is 32.9 Å². The lowest BCUT2D eigenvalue weighted by molar-refractivity contribution is -0.123. The molecule has 1 rings (SSSR count). The first kappa shape index (κ1) is 22.0. The second-order valence-corrected chi connectivity index (χ2v) is 5.19. The van der Waals surface area contributed by atoms with E-state index in [0.29, 0.717) is 24.6 Å². The number of carbonyl (C=O) groups excluding carboxylic acids is 2. The fourth-order valence-electron chi connectivity index (χ4n) is 1.90. The first-order valence-electron chi connectivity index (χ1n) is 7.55. The van der Waals surface area contributed by atoms with E-state index in [1.54, 1.807) is 19.1 Å². The van der Waals surface area contributed by atoms with Crippen molar-refractivity contribution >= 4 is 24.2 Å². The monoisotopic (exact) mass is 359 g/mol. The van der Waals surface area contributed by atoms with Crippen molar-refractivity contribution in [1.29, 1.82) is 0 Å². The minimum atomic E-state index is -0.193. The van der Waals surface area contributed by atoms with Crippen molar-refractivity contribution in [2.24, 2.45) is 5.73 Å². The third kappa shape index (κ3) is 8.03. The van der Waals surface area contributed by atoms with Gasteiger partial charge < -0.3 is 25.8 Å². The molecular formula is C16H26ClN3O4. The lowest BCUT2D eigenvalue weighted by Crippen LogP contribution is -2.29. The highest BCUT2D eigenvalue weighted by atomic mass is 35.5. The fraction of sp³-hybridized carbons (Fsp3) is 0.500. The summed E-state index contributed by atoms with van der Waals surface area (Å²) in [6.07, 6.45) is 0.283. The van der Waals surface area contributed by atoms with E-state index in [2.05, 4.69) is 10.6 Å². The van der Waals surface area contributed by atoms with Crippen LogP contribution in [0.2, 0.25) is 0 Å². The van der Waals surface area contributed by atoms with Crippen molar-refractivity contribution in [3.63, 3.8) is 0 Å². The Bertz CT molecular complexity index is 538. The molecule has 136 valence electrons. The van der Waals surface area contributed by atoms with Gasteiger partial charge in [-0.25, -0.2) is 0 Å². The number of rotatable bonds is 9. The Hall–Kier alpha value is -1.99. The Kier molecular flexibility index (Phi) is 10.6. The van der Waals surface area contributed by atoms with Crippen molar-refractivity contribution in [2.75, 3.05) is 20.3 Å². The van der Waals surface area contributed by atoms with Gasteiger partial charge in [0, 0.05) is 25.6 Å². The highest BCUT2D eigenvalue weighted by molar-refractivity contribution is 5.85. The van der Waals surface area contributed by atoms with Crippen LogP contribution in [-0.4, -0.2) is 38.1 Å². The van der Waals surface area contributed by atoms with E-state index >= 15 is 0 Å². The summed E-state index contributed by atoms with van der Waals surface area (Å²) in [4.78, 5) is 23.0. The first-order chi connectivity index (χ1) is 11.0. The number of methoxy groups -OCH3 is 1. The van der Waals surface area contributed by atoms with E-state index in [9.17, 15) is 9.59 Å². The molecule has 7 nitrogen and oxygen atoms in total. The third-order valence-electron chi connectivity index (χ3n) is 2.96. The van der Waals surface area contributed by atoms with Crippen LogP contribution in [-0.2, 0) is 16.1 Å². The number of likely N-dealkylation sites (N-methyl/N-ethyl adjacent to an activating group) is 1. The Labute approximate surface area is 148 Å². The SMILES string of the molecule is CCNC(=O)COc1ccc(CNC(=O)CC(C)N)cc1OC.Cl. The standard InChI is InChI=1S/C16H25N3O4.ClH/c1-4-18-16(21)10-23-13-6-5-12(8-14(13)22-3)9-19-15(20)7-11(2)17;/h5-6,8,11H,4,7,9-10,17H2,1-3H3,(H,18,21)(H,19,20);1H. The summed E-state index contributed by atoms with van der Waals surface area (Å²) in [6.45, 7) is 4.48. The van der Waals surface area contributed by atoms with Crippen LogP contribution in [0.4, 0.5) is 0 Å². The minimum Gasteiger partial charge on any atom is -0.493 e. The number of amides is 2. The normalized spacial score (nSPS) is 11.0. The maximum atomic E-state index is 11.6. The summed E-state index contributed by atoms with van der Waals surface area (Å²) in [6, 6.07) is 5.11. The molecule has 0 aliphatic heterocycles. The van der Waals surface area contributed by atoms with Gasteiger partial charge in [0.15, 0.2) is 18.1 Å². The van der Waals surface area contributed by atoms with E-state index in [1.165, 1.54) is 7.11 Å². The quantitative estimate of drug-likeness (QED) is 0.610. The lowest BCUT2D eigenvalue weighted by Gasteiger charge is -2.13. The molecular weight excluding hydrogens is 334 g/mol. The molecule has 0 spiro atoms. The molecule has 2 amide bonds. The predicted molar refractivity (Wildman–Crippen MR) is 94.5 cm³/mol. The number of nitrogens with two attached hydrogens (primary N) is 1. The van der Waals surface area contributed by atoms with Crippen molar-refractivity contribution in [1.82, 2.24) is 10.6 Å². The maximum Gasteiger partial charge on any atom is 0.257 e. The third-order valence-corrected chi connectivity index (χ3v) is 2.96. The Morgan fingerprint density at radius 2 is 1.92 bits per heavy atom. The minimum absolute atomic E-state index is 0. The molecule has 1 aromatic carbocycles. The molecule has 0 heterocycles. The van der Waals surface area contributed by atoms with Crippen LogP contribution >= 0.6 is 12.4 Å². The summed E-state index contributed by atoms with van der Waals surface area (Å²) in [5, 5.41) is 5.44. The zero-order valence-electron chi connectivity index (χ0n) is 14.3. The van der Waals surface area contributed by atoms with Crippen LogP contribution < -0.4 is 25.8 Å². The van der Waals surface area contributed by atoms with Gasteiger partial charge >= 0.3 is 0 Å². The molecule has 0 aliphatic rings. The number of carbonyl (C=O) groups is 2. The van der Waals surface area contributed by atoms with E-state index in [4.69, 9.17) is 15.2 Å². The molecule has 0 bridgehead atoms. The molecule has 0 aliphatic carbocycles. The predicted octanol–water partition coefficient (Wildman–Crippen LogP) is 0.985. The van der Waals surface area contributed by atoms with Gasteiger partial charge in [0.2, 0.25) is 5.91 Å². The zero-order chi connectivity index (χ0) is 17.2. The van der Waals surface area contributed by atoms with Gasteiger partial charge in [0.1, 0.15) is 0 Å². The number of halogens is 1. The number of ether oxygens (including phenoxy) is 2. The second kappa shape index (κ2) is 11.5. The van der Waals surface area contributed by atoms with Crippen molar-refractivity contribution < 1.29 is 19.1 Å². The zero-order valence-corrected chi connectivity index (χ0v) is 15.1. The topological polar surface area (TPSA) is 103 Å². The van der Waals surface area contributed by atoms with E-state index in [-0.39, 0.29) is 43.3 Å². The van der Waals surface area contributed by atoms with E-state index in [0.717, 1.165) is 5.56 Å². The van der Waals surface area contributed by atoms with Gasteiger partial charge in [0.05, 0.1) is 7.11 Å². The van der Waals surface area contributed by atoms with Gasteiger partial charge in [-0.15, -0.1) is 12.4 Å². The van der Waals surface area contributed by atoms with Gasteiger partial charge in [-0.1, -0.05) is 6.07 Å². The first-order valence-corrected chi connectivity index (χ1v) is 7.55. The molecule has 0 radical (unpaired) electrons. The van der Waals surface area contributed by atoms with Crippen LogP contribution in [0.15, 0.2) is 18.2 Å². The molecule has 4 N–H and O–H groups in total.